The Hall–Kier alpha value is -4.04. The number of hydrogen-bond acceptors (Lipinski definition) is 6. The zero-order valence-corrected chi connectivity index (χ0v) is 28.2. The number of aromatic nitrogens is 4. The van der Waals surface area contributed by atoms with Gasteiger partial charge >= 0.3 is 0 Å². The molecule has 0 spiro atoms. The highest BCUT2D eigenvalue weighted by atomic mass is 32.1. The van der Waals surface area contributed by atoms with Gasteiger partial charge in [0.05, 0.1) is 22.1 Å². The van der Waals surface area contributed by atoms with Crippen molar-refractivity contribution in [2.75, 3.05) is 16.8 Å². The second-order valence-corrected chi connectivity index (χ2v) is 15.8. The lowest BCUT2D eigenvalue weighted by Crippen LogP contribution is -2.48. The predicted molar refractivity (Wildman–Crippen MR) is 189 cm³/mol. The Morgan fingerprint density at radius 2 is 1.74 bits per heavy atom. The summed E-state index contributed by atoms with van der Waals surface area (Å²) in [6, 6.07) is 18.5. The molecule has 4 heterocycles. The Morgan fingerprint density at radius 3 is 2.51 bits per heavy atom. The summed E-state index contributed by atoms with van der Waals surface area (Å²) in [5.41, 5.74) is 9.14. The minimum Gasteiger partial charge on any atom is -0.352 e. The first-order valence-corrected chi connectivity index (χ1v) is 18.3. The van der Waals surface area contributed by atoms with Crippen LogP contribution in [0.2, 0.25) is 0 Å². The van der Waals surface area contributed by atoms with Gasteiger partial charge < -0.3 is 4.90 Å². The van der Waals surface area contributed by atoms with Crippen LogP contribution < -0.4 is 10.2 Å². The number of amides is 1. The molecule has 240 valence electrons. The van der Waals surface area contributed by atoms with Crippen LogP contribution in [0.5, 0.6) is 0 Å². The molecule has 5 aliphatic rings. The summed E-state index contributed by atoms with van der Waals surface area (Å²) in [6.07, 6.45) is 12.4. The summed E-state index contributed by atoms with van der Waals surface area (Å²) >= 11 is 1.51. The van der Waals surface area contributed by atoms with Crippen molar-refractivity contribution in [3.63, 3.8) is 0 Å². The van der Waals surface area contributed by atoms with Crippen molar-refractivity contribution >= 4 is 38.4 Å². The summed E-state index contributed by atoms with van der Waals surface area (Å²) in [4.78, 5) is 25.7. The minimum atomic E-state index is -0.110. The fourth-order valence-corrected chi connectivity index (χ4v) is 10.8. The monoisotopic (exact) mass is 642 g/mol. The Labute approximate surface area is 280 Å². The topological polar surface area (TPSA) is 75.9 Å². The van der Waals surface area contributed by atoms with Crippen LogP contribution in [0.15, 0.2) is 60.8 Å². The molecule has 4 saturated carbocycles. The van der Waals surface area contributed by atoms with E-state index in [1.54, 1.807) is 0 Å². The quantitative estimate of drug-likeness (QED) is 0.193. The van der Waals surface area contributed by atoms with Crippen LogP contribution in [0.3, 0.4) is 0 Å². The zero-order valence-electron chi connectivity index (χ0n) is 27.3. The average Bonchev–Trinajstić information content (AvgIpc) is 3.65. The number of carbonyl (C=O) groups is 1. The maximum absolute atomic E-state index is 13.6. The molecule has 7 nitrogen and oxygen atoms in total. The van der Waals surface area contributed by atoms with Crippen LogP contribution in [-0.4, -0.2) is 32.2 Å². The van der Waals surface area contributed by atoms with Crippen molar-refractivity contribution in [1.82, 2.24) is 19.7 Å². The molecule has 10 rings (SSSR count). The molecule has 3 aromatic heterocycles. The molecule has 0 saturated heterocycles. The Morgan fingerprint density at radius 1 is 0.957 bits per heavy atom. The van der Waals surface area contributed by atoms with E-state index >= 15 is 0 Å². The lowest BCUT2D eigenvalue weighted by atomic mass is 9.49. The van der Waals surface area contributed by atoms with E-state index in [0.717, 1.165) is 71.0 Å². The van der Waals surface area contributed by atoms with Gasteiger partial charge in [-0.15, -0.1) is 0 Å². The summed E-state index contributed by atoms with van der Waals surface area (Å²) in [6.45, 7) is 7.03. The van der Waals surface area contributed by atoms with Crippen molar-refractivity contribution in [3.05, 3.63) is 88.9 Å². The second-order valence-electron chi connectivity index (χ2n) is 14.8. The number of pyridine rings is 1. The number of hydrogen-bond donors (Lipinski definition) is 1. The lowest BCUT2D eigenvalue weighted by Gasteiger charge is -2.56. The first-order valence-electron chi connectivity index (χ1n) is 17.5. The highest BCUT2D eigenvalue weighted by Gasteiger charge is 2.51. The third-order valence-corrected chi connectivity index (χ3v) is 12.6. The molecule has 1 N–H and O–H groups in total. The molecule has 8 heteroatoms. The van der Waals surface area contributed by atoms with Gasteiger partial charge in [0, 0.05) is 42.0 Å². The molecule has 0 radical (unpaired) electrons. The van der Waals surface area contributed by atoms with Crippen LogP contribution in [-0.2, 0) is 25.9 Å². The maximum atomic E-state index is 13.6. The Kier molecular flexibility index (Phi) is 7.00. The van der Waals surface area contributed by atoms with Crippen LogP contribution in [0, 0.1) is 30.1 Å². The Balaban J connectivity index is 0.952. The van der Waals surface area contributed by atoms with Gasteiger partial charge in [0.1, 0.15) is 5.82 Å². The van der Waals surface area contributed by atoms with Gasteiger partial charge in [-0.2, -0.15) is 5.10 Å². The van der Waals surface area contributed by atoms with Gasteiger partial charge in [-0.05, 0) is 123 Å². The van der Waals surface area contributed by atoms with Gasteiger partial charge in [0.25, 0.3) is 5.91 Å². The molecule has 4 fully saturated rings. The molecule has 1 aliphatic heterocycles. The minimum absolute atomic E-state index is 0.110. The molecular formula is C39H42N6OS. The molecule has 4 bridgehead atoms. The highest BCUT2D eigenvalue weighted by Crippen LogP contribution is 2.60. The number of para-hydroxylation sites is 1. The summed E-state index contributed by atoms with van der Waals surface area (Å²) in [7, 11) is 0. The van der Waals surface area contributed by atoms with Crippen LogP contribution in [0.4, 0.5) is 10.9 Å². The van der Waals surface area contributed by atoms with Gasteiger partial charge in [0.2, 0.25) is 0 Å². The van der Waals surface area contributed by atoms with E-state index in [1.165, 1.54) is 72.2 Å². The summed E-state index contributed by atoms with van der Waals surface area (Å²) in [5, 5.41) is 8.68. The summed E-state index contributed by atoms with van der Waals surface area (Å²) < 4.78 is 3.38. The SMILES string of the molecule is CCc1nc(N2CCc3cccc(C(=O)Nc4nc5ccccc5s4)c3C2)ccc1-c1cnn(CC23CC4CC(CC(C4)C2)C3)c1C. The van der Waals surface area contributed by atoms with Crippen molar-refractivity contribution < 1.29 is 4.79 Å². The predicted octanol–water partition coefficient (Wildman–Crippen LogP) is 8.46. The van der Waals surface area contributed by atoms with E-state index in [0.29, 0.717) is 22.7 Å². The number of rotatable bonds is 7. The molecule has 2 aromatic carbocycles. The standard InChI is InChI=1S/C39H42N6OS/c1-3-33-29(31-21-40-45(24(31)2)23-39-18-25-15-26(19-39)17-27(16-25)20-39)11-12-36(41-33)44-14-13-28-7-6-8-30(32(28)22-44)37(46)43-38-42-34-9-4-5-10-35(34)47-38/h4-12,21,25-27H,3,13-20,22-23H2,1-2H3,(H,42,43,46). The van der Waals surface area contributed by atoms with E-state index in [9.17, 15) is 4.79 Å². The van der Waals surface area contributed by atoms with Crippen molar-refractivity contribution in [2.45, 2.75) is 78.3 Å². The molecule has 1 amide bonds. The Bertz CT molecular complexity index is 1940. The number of thiazole rings is 1. The first kappa shape index (κ1) is 29.1. The van der Waals surface area contributed by atoms with E-state index in [4.69, 9.17) is 10.1 Å². The second kappa shape index (κ2) is 11.3. The van der Waals surface area contributed by atoms with Crippen LogP contribution >= 0.6 is 11.3 Å². The molecule has 0 unspecified atom stereocenters. The normalized spacial score (nSPS) is 24.6. The van der Waals surface area contributed by atoms with Crippen LogP contribution in [0.1, 0.15) is 78.3 Å². The van der Waals surface area contributed by atoms with Gasteiger partial charge in [-0.1, -0.05) is 42.5 Å². The largest absolute Gasteiger partial charge is 0.352 e. The molecular weight excluding hydrogens is 601 g/mol. The maximum Gasteiger partial charge on any atom is 0.257 e. The van der Waals surface area contributed by atoms with Gasteiger partial charge in [-0.25, -0.2) is 9.97 Å². The average molecular weight is 643 g/mol. The molecule has 4 aliphatic carbocycles. The number of carbonyl (C=O) groups excluding carboxylic acids is 1. The molecule has 47 heavy (non-hydrogen) atoms. The number of anilines is 2. The van der Waals surface area contributed by atoms with E-state index in [2.05, 4.69) is 58.1 Å². The van der Waals surface area contributed by atoms with Gasteiger partial charge in [0.15, 0.2) is 5.13 Å². The number of nitrogens with zero attached hydrogens (tertiary/aromatic N) is 5. The molecule has 0 atom stereocenters. The third kappa shape index (κ3) is 5.16. The third-order valence-electron chi connectivity index (χ3n) is 11.7. The fourth-order valence-electron chi connectivity index (χ4n) is 9.93. The van der Waals surface area contributed by atoms with E-state index in [1.807, 2.05) is 36.4 Å². The number of fused-ring (bicyclic) bond motifs is 2. The smallest absolute Gasteiger partial charge is 0.257 e. The van der Waals surface area contributed by atoms with Crippen molar-refractivity contribution in [3.8, 4) is 11.1 Å². The number of aryl methyl sites for hydroxylation is 1. The number of nitrogens with one attached hydrogen (secondary N) is 1. The zero-order chi connectivity index (χ0) is 31.7. The fraction of sp³-hybridized carbons (Fsp3) is 0.436. The summed E-state index contributed by atoms with van der Waals surface area (Å²) in [5.74, 6) is 3.71. The highest BCUT2D eigenvalue weighted by molar-refractivity contribution is 7.22. The molecule has 5 aromatic rings. The van der Waals surface area contributed by atoms with E-state index < -0.39 is 0 Å². The van der Waals surface area contributed by atoms with E-state index in [-0.39, 0.29) is 5.91 Å². The van der Waals surface area contributed by atoms with Crippen LogP contribution in [0.25, 0.3) is 21.3 Å². The first-order chi connectivity index (χ1) is 22.9. The lowest BCUT2D eigenvalue weighted by molar-refractivity contribution is -0.0638. The van der Waals surface area contributed by atoms with Crippen molar-refractivity contribution in [1.29, 1.82) is 0 Å². The van der Waals surface area contributed by atoms with Gasteiger partial charge in [-0.3, -0.25) is 14.8 Å². The van der Waals surface area contributed by atoms with Crippen molar-refractivity contribution in [2.24, 2.45) is 23.2 Å². The number of benzene rings is 2.